The first-order chi connectivity index (χ1) is 9.51. The minimum absolute atomic E-state index is 0.119. The molecule has 1 aliphatic rings. The zero-order valence-corrected chi connectivity index (χ0v) is 12.9. The van der Waals surface area contributed by atoms with Gasteiger partial charge in [0.05, 0.1) is 6.04 Å². The number of likely N-dealkylation sites (tertiary alicyclic amines) is 1. The van der Waals surface area contributed by atoms with Gasteiger partial charge in [0.2, 0.25) is 0 Å². The van der Waals surface area contributed by atoms with E-state index in [0.29, 0.717) is 12.5 Å². The molecule has 0 N–H and O–H groups in total. The number of hydrogen-bond acceptors (Lipinski definition) is 3. The highest BCUT2D eigenvalue weighted by atomic mass is 16.6. The number of carbonyl (C=O) groups excluding carboxylic acids is 1. The summed E-state index contributed by atoms with van der Waals surface area (Å²) in [5, 5.41) is 0. The van der Waals surface area contributed by atoms with Crippen molar-refractivity contribution in [2.45, 2.75) is 58.2 Å². The molecule has 1 aliphatic heterocycles. The highest BCUT2D eigenvalue weighted by molar-refractivity contribution is 5.70. The van der Waals surface area contributed by atoms with Gasteiger partial charge in [0.15, 0.2) is 5.60 Å². The fraction of sp³-hybridized carbons (Fsp3) is 0.588. The molecule has 0 aliphatic carbocycles. The van der Waals surface area contributed by atoms with E-state index < -0.39 is 5.60 Å². The number of carbonyl (C=O) groups is 1. The molecular formula is C17H25NO2. The van der Waals surface area contributed by atoms with Crippen LogP contribution in [0.3, 0.4) is 0 Å². The fourth-order valence-corrected chi connectivity index (χ4v) is 3.25. The van der Waals surface area contributed by atoms with Gasteiger partial charge in [-0.05, 0) is 26.3 Å². The summed E-state index contributed by atoms with van der Waals surface area (Å²) in [6.45, 7) is 9.37. The van der Waals surface area contributed by atoms with Crippen LogP contribution in [0.25, 0.3) is 0 Å². The Morgan fingerprint density at radius 1 is 1.40 bits per heavy atom. The highest BCUT2D eigenvalue weighted by Crippen LogP contribution is 2.42. The van der Waals surface area contributed by atoms with E-state index in [-0.39, 0.29) is 12.0 Å². The Morgan fingerprint density at radius 3 is 2.55 bits per heavy atom. The first kappa shape index (κ1) is 15.0. The molecule has 1 heterocycles. The maximum absolute atomic E-state index is 11.9. The van der Waals surface area contributed by atoms with Gasteiger partial charge in [-0.15, -0.1) is 0 Å². The van der Waals surface area contributed by atoms with Crippen LogP contribution in [0.4, 0.5) is 0 Å². The third kappa shape index (κ3) is 2.59. The number of nitrogens with zero attached hydrogens (tertiary/aromatic N) is 1. The Balaban J connectivity index is 2.38. The second kappa shape index (κ2) is 5.96. The minimum atomic E-state index is -0.501. The summed E-state index contributed by atoms with van der Waals surface area (Å²) in [6.07, 6.45) is 1.28. The molecule has 3 nitrogen and oxygen atoms in total. The number of esters is 1. The lowest BCUT2D eigenvalue weighted by molar-refractivity contribution is -0.163. The fourth-order valence-electron chi connectivity index (χ4n) is 3.25. The lowest BCUT2D eigenvalue weighted by atomic mass is 9.86. The van der Waals surface area contributed by atoms with Crippen molar-refractivity contribution in [2.75, 3.05) is 6.54 Å². The lowest BCUT2D eigenvalue weighted by Gasteiger charge is -2.37. The summed E-state index contributed by atoms with van der Waals surface area (Å²) in [5.74, 6) is -0.119. The maximum atomic E-state index is 11.9. The molecule has 0 saturated carbocycles. The van der Waals surface area contributed by atoms with Crippen LogP contribution in [0.5, 0.6) is 0 Å². The van der Waals surface area contributed by atoms with E-state index in [4.69, 9.17) is 4.74 Å². The molecule has 1 aromatic carbocycles. The number of benzene rings is 1. The Kier molecular flexibility index (Phi) is 4.48. The summed E-state index contributed by atoms with van der Waals surface area (Å²) in [4.78, 5) is 14.3. The molecule has 0 unspecified atom stereocenters. The summed E-state index contributed by atoms with van der Waals surface area (Å²) in [7, 11) is 0. The third-order valence-corrected chi connectivity index (χ3v) is 4.42. The smallest absolute Gasteiger partial charge is 0.306 e. The summed E-state index contributed by atoms with van der Waals surface area (Å²) in [5.41, 5.74) is 0.607. The van der Waals surface area contributed by atoms with Gasteiger partial charge in [0.1, 0.15) is 0 Å². The van der Waals surface area contributed by atoms with Crippen LogP contribution in [0.2, 0.25) is 0 Å². The standard InChI is InChI=1S/C17H25NO2/c1-5-16(19)20-17(15-9-7-6-8-10-15)11-12-18(13(2)3)14(17)4/h6-10,13-14H,5,11-12H2,1-4H3/t14-,17+/m0/s1. The molecule has 110 valence electrons. The van der Waals surface area contributed by atoms with Crippen LogP contribution >= 0.6 is 0 Å². The maximum Gasteiger partial charge on any atom is 0.306 e. The van der Waals surface area contributed by atoms with E-state index in [1.54, 1.807) is 0 Å². The number of rotatable bonds is 4. The molecule has 0 aromatic heterocycles. The van der Waals surface area contributed by atoms with Gasteiger partial charge in [-0.25, -0.2) is 0 Å². The Morgan fingerprint density at radius 2 is 2.05 bits per heavy atom. The average molecular weight is 275 g/mol. The van der Waals surface area contributed by atoms with E-state index in [1.165, 1.54) is 0 Å². The van der Waals surface area contributed by atoms with Crippen LogP contribution in [0.15, 0.2) is 30.3 Å². The van der Waals surface area contributed by atoms with Crippen molar-refractivity contribution in [2.24, 2.45) is 0 Å². The Bertz CT molecular complexity index is 457. The van der Waals surface area contributed by atoms with Gasteiger partial charge < -0.3 is 4.74 Å². The molecule has 1 fully saturated rings. The van der Waals surface area contributed by atoms with E-state index in [9.17, 15) is 4.79 Å². The highest BCUT2D eigenvalue weighted by Gasteiger charge is 2.49. The van der Waals surface area contributed by atoms with Crippen molar-refractivity contribution in [3.63, 3.8) is 0 Å². The molecule has 1 aromatic rings. The SMILES string of the molecule is CCC(=O)O[C@]1(c2ccccc2)CCN(C(C)C)[C@H]1C. The third-order valence-electron chi connectivity index (χ3n) is 4.42. The van der Waals surface area contributed by atoms with Gasteiger partial charge in [-0.1, -0.05) is 37.3 Å². The molecular weight excluding hydrogens is 250 g/mol. The topological polar surface area (TPSA) is 29.5 Å². The number of hydrogen-bond donors (Lipinski definition) is 0. The van der Waals surface area contributed by atoms with Gasteiger partial charge in [0.25, 0.3) is 0 Å². The normalized spacial score (nSPS) is 26.9. The van der Waals surface area contributed by atoms with Crippen molar-refractivity contribution < 1.29 is 9.53 Å². The van der Waals surface area contributed by atoms with E-state index in [0.717, 1.165) is 18.5 Å². The van der Waals surface area contributed by atoms with Crippen molar-refractivity contribution in [3.8, 4) is 0 Å². The second-order valence-electron chi connectivity index (χ2n) is 5.84. The first-order valence-electron chi connectivity index (χ1n) is 7.54. The van der Waals surface area contributed by atoms with Crippen molar-refractivity contribution in [1.29, 1.82) is 0 Å². The average Bonchev–Trinajstić information content (AvgIpc) is 2.78. The van der Waals surface area contributed by atoms with E-state index >= 15 is 0 Å². The zero-order valence-electron chi connectivity index (χ0n) is 12.9. The van der Waals surface area contributed by atoms with E-state index in [1.807, 2.05) is 25.1 Å². The van der Waals surface area contributed by atoms with Gasteiger partial charge >= 0.3 is 5.97 Å². The first-order valence-corrected chi connectivity index (χ1v) is 7.54. The quantitative estimate of drug-likeness (QED) is 0.789. The molecule has 0 radical (unpaired) electrons. The van der Waals surface area contributed by atoms with Crippen LogP contribution in [0, 0.1) is 0 Å². The lowest BCUT2D eigenvalue weighted by Crippen LogP contribution is -2.45. The predicted octanol–water partition coefficient (Wildman–Crippen LogP) is 3.34. The minimum Gasteiger partial charge on any atom is -0.452 e. The monoisotopic (exact) mass is 275 g/mol. The molecule has 0 bridgehead atoms. The van der Waals surface area contributed by atoms with E-state index in [2.05, 4.69) is 37.8 Å². The zero-order chi connectivity index (χ0) is 14.8. The summed E-state index contributed by atoms with van der Waals surface area (Å²) in [6, 6.07) is 10.8. The van der Waals surface area contributed by atoms with Crippen LogP contribution in [-0.2, 0) is 15.1 Å². The van der Waals surface area contributed by atoms with Crippen LogP contribution < -0.4 is 0 Å². The summed E-state index contributed by atoms with van der Waals surface area (Å²) < 4.78 is 5.95. The molecule has 0 spiro atoms. The van der Waals surface area contributed by atoms with Crippen molar-refractivity contribution in [1.82, 2.24) is 4.90 Å². The molecule has 2 rings (SSSR count). The largest absolute Gasteiger partial charge is 0.452 e. The Hall–Kier alpha value is -1.35. The van der Waals surface area contributed by atoms with Crippen molar-refractivity contribution >= 4 is 5.97 Å². The van der Waals surface area contributed by atoms with Crippen LogP contribution in [0.1, 0.15) is 46.1 Å². The molecule has 2 atom stereocenters. The van der Waals surface area contributed by atoms with Gasteiger partial charge in [-0.2, -0.15) is 0 Å². The van der Waals surface area contributed by atoms with Crippen molar-refractivity contribution in [3.05, 3.63) is 35.9 Å². The predicted molar refractivity (Wildman–Crippen MR) is 80.4 cm³/mol. The van der Waals surface area contributed by atoms with Gasteiger partial charge in [-0.3, -0.25) is 9.69 Å². The Labute approximate surface area is 121 Å². The molecule has 3 heteroatoms. The van der Waals surface area contributed by atoms with Gasteiger partial charge in [0, 0.05) is 25.4 Å². The molecule has 1 saturated heterocycles. The second-order valence-corrected chi connectivity index (χ2v) is 5.84. The molecule has 0 amide bonds. The summed E-state index contributed by atoms with van der Waals surface area (Å²) >= 11 is 0. The molecule has 20 heavy (non-hydrogen) atoms. The van der Waals surface area contributed by atoms with Crippen LogP contribution in [-0.4, -0.2) is 29.5 Å². The number of ether oxygens (including phenoxy) is 1.